The third-order valence-electron chi connectivity index (χ3n) is 5.44. The fourth-order valence-electron chi connectivity index (χ4n) is 3.91. The highest BCUT2D eigenvalue weighted by molar-refractivity contribution is 7.16. The van der Waals surface area contributed by atoms with Crippen LogP contribution < -0.4 is 15.6 Å². The number of nitrogens with one attached hydrogen (secondary N) is 2. The Kier molecular flexibility index (Phi) is 6.29. The number of pyridine rings is 2. The van der Waals surface area contributed by atoms with Gasteiger partial charge in [-0.1, -0.05) is 0 Å². The molecule has 0 fully saturated rings. The van der Waals surface area contributed by atoms with Gasteiger partial charge in [0.25, 0.3) is 11.5 Å². The lowest BCUT2D eigenvalue weighted by Crippen LogP contribution is -2.23. The van der Waals surface area contributed by atoms with E-state index in [0.29, 0.717) is 28.1 Å². The van der Waals surface area contributed by atoms with Crippen molar-refractivity contribution in [2.75, 3.05) is 6.54 Å². The Morgan fingerprint density at radius 3 is 2.66 bits per heavy atom. The third kappa shape index (κ3) is 4.59. The average Bonchev–Trinajstić information content (AvgIpc) is 3.33. The van der Waals surface area contributed by atoms with E-state index >= 15 is 4.39 Å². The second-order valence-corrected chi connectivity index (χ2v) is 10.00. The number of hydrogen-bond donors (Lipinski definition) is 3. The first-order chi connectivity index (χ1) is 16.4. The van der Waals surface area contributed by atoms with E-state index in [0.717, 1.165) is 16.9 Å². The van der Waals surface area contributed by atoms with E-state index in [1.807, 2.05) is 19.9 Å². The highest BCUT2D eigenvalue weighted by atomic mass is 32.1. The normalized spacial score (nSPS) is 11.8. The van der Waals surface area contributed by atoms with Crippen LogP contribution in [-0.4, -0.2) is 32.1 Å². The first-order valence-electron chi connectivity index (χ1n) is 11.1. The molecular weight excluding hydrogens is 471 g/mol. The molecule has 0 atom stereocenters. The standard InChI is InChI=1S/C25H27FN4O4S/c1-7-27-23(31)16-10-14-15(11-30(6)24(32)19(14)29-16)21-20(18(26)22(35-21)25(4,5)33)34-17-9-12(2)8-13(3)28-17/h8-11,29,33H,7H2,1-6H3,(H,27,31). The molecular formula is C25H27FN4O4S. The van der Waals surface area contributed by atoms with Crippen molar-refractivity contribution in [2.45, 2.75) is 40.2 Å². The van der Waals surface area contributed by atoms with Gasteiger partial charge in [-0.2, -0.15) is 0 Å². The lowest BCUT2D eigenvalue weighted by atomic mass is 10.1. The number of ether oxygens (including phenoxy) is 1. The number of carbonyl (C=O) groups is 1. The number of H-pyrrole nitrogens is 1. The zero-order valence-electron chi connectivity index (χ0n) is 20.4. The summed E-state index contributed by atoms with van der Waals surface area (Å²) >= 11 is 1.02. The Balaban J connectivity index is 2.00. The van der Waals surface area contributed by atoms with Crippen LogP contribution in [0.5, 0.6) is 11.6 Å². The number of nitrogens with zero attached hydrogens (tertiary/aromatic N) is 2. The number of amides is 1. The summed E-state index contributed by atoms with van der Waals surface area (Å²) in [5.74, 6) is -0.965. The summed E-state index contributed by atoms with van der Waals surface area (Å²) < 4.78 is 23.1. The number of carbonyl (C=O) groups excluding carboxylic acids is 1. The van der Waals surface area contributed by atoms with Gasteiger partial charge in [-0.05, 0) is 52.3 Å². The highest BCUT2D eigenvalue weighted by Crippen LogP contribution is 2.48. The minimum absolute atomic E-state index is 0.0772. The van der Waals surface area contributed by atoms with E-state index in [-0.39, 0.29) is 39.2 Å². The Bertz CT molecular complexity index is 1490. The first kappa shape index (κ1) is 24.6. The van der Waals surface area contributed by atoms with Gasteiger partial charge in [0.1, 0.15) is 11.2 Å². The maximum absolute atomic E-state index is 15.7. The summed E-state index contributed by atoms with van der Waals surface area (Å²) in [4.78, 5) is 33.0. The molecule has 0 bridgehead atoms. The summed E-state index contributed by atoms with van der Waals surface area (Å²) in [7, 11) is 1.57. The minimum Gasteiger partial charge on any atom is -0.434 e. The van der Waals surface area contributed by atoms with Crippen LogP contribution in [0.3, 0.4) is 0 Å². The Morgan fingerprint density at radius 2 is 2.03 bits per heavy atom. The van der Waals surface area contributed by atoms with Gasteiger partial charge in [-0.15, -0.1) is 11.3 Å². The summed E-state index contributed by atoms with van der Waals surface area (Å²) in [5.41, 5.74) is 0.691. The molecule has 0 spiro atoms. The molecule has 0 aliphatic heterocycles. The smallest absolute Gasteiger partial charge is 0.274 e. The number of aromatic nitrogens is 3. The van der Waals surface area contributed by atoms with Crippen LogP contribution in [0.4, 0.5) is 4.39 Å². The molecule has 0 aromatic carbocycles. The molecule has 4 heterocycles. The van der Waals surface area contributed by atoms with Crippen molar-refractivity contribution in [3.63, 3.8) is 0 Å². The third-order valence-corrected chi connectivity index (χ3v) is 6.93. The lowest BCUT2D eigenvalue weighted by molar-refractivity contribution is 0.0785. The summed E-state index contributed by atoms with van der Waals surface area (Å²) in [6.07, 6.45) is 1.57. The summed E-state index contributed by atoms with van der Waals surface area (Å²) in [6.45, 7) is 8.89. The van der Waals surface area contributed by atoms with Gasteiger partial charge in [-0.25, -0.2) is 9.37 Å². The maximum atomic E-state index is 15.7. The van der Waals surface area contributed by atoms with Crippen molar-refractivity contribution >= 4 is 28.1 Å². The van der Waals surface area contributed by atoms with Crippen molar-refractivity contribution in [1.82, 2.24) is 19.9 Å². The summed E-state index contributed by atoms with van der Waals surface area (Å²) in [5, 5.41) is 13.8. The Morgan fingerprint density at radius 1 is 1.31 bits per heavy atom. The maximum Gasteiger partial charge on any atom is 0.274 e. The largest absolute Gasteiger partial charge is 0.434 e. The van der Waals surface area contributed by atoms with E-state index in [1.54, 1.807) is 32.3 Å². The van der Waals surface area contributed by atoms with Gasteiger partial charge in [0.2, 0.25) is 5.88 Å². The van der Waals surface area contributed by atoms with Crippen molar-refractivity contribution in [1.29, 1.82) is 0 Å². The topological polar surface area (TPSA) is 109 Å². The molecule has 4 rings (SSSR count). The van der Waals surface area contributed by atoms with E-state index in [9.17, 15) is 14.7 Å². The molecule has 10 heteroatoms. The molecule has 0 saturated heterocycles. The van der Waals surface area contributed by atoms with Gasteiger partial charge in [-0.3, -0.25) is 9.59 Å². The van der Waals surface area contributed by atoms with Gasteiger partial charge in [0, 0.05) is 42.5 Å². The van der Waals surface area contributed by atoms with Crippen LogP contribution >= 0.6 is 11.3 Å². The number of rotatable bonds is 6. The van der Waals surface area contributed by atoms with E-state index in [2.05, 4.69) is 15.3 Å². The molecule has 4 aromatic heterocycles. The van der Waals surface area contributed by atoms with Crippen molar-refractivity contribution in [2.24, 2.45) is 7.05 Å². The fourth-order valence-corrected chi connectivity index (χ4v) is 5.04. The Labute approximate surface area is 205 Å². The Hall–Kier alpha value is -3.50. The second-order valence-electron chi connectivity index (χ2n) is 8.98. The number of halogens is 1. The van der Waals surface area contributed by atoms with Gasteiger partial charge in [0.05, 0.1) is 15.4 Å². The zero-order chi connectivity index (χ0) is 25.7. The quantitative estimate of drug-likeness (QED) is 0.362. The number of aryl methyl sites for hydroxylation is 3. The molecule has 0 radical (unpaired) electrons. The van der Waals surface area contributed by atoms with Gasteiger partial charge < -0.3 is 24.7 Å². The molecule has 4 aromatic rings. The van der Waals surface area contributed by atoms with Gasteiger partial charge >= 0.3 is 0 Å². The molecule has 0 saturated carbocycles. The molecule has 0 aliphatic carbocycles. The van der Waals surface area contributed by atoms with Crippen LogP contribution in [0.25, 0.3) is 21.3 Å². The molecule has 1 amide bonds. The number of aromatic amines is 1. The van der Waals surface area contributed by atoms with Crippen LogP contribution in [0, 0.1) is 19.7 Å². The van der Waals surface area contributed by atoms with Crippen LogP contribution in [0.15, 0.2) is 29.2 Å². The highest BCUT2D eigenvalue weighted by Gasteiger charge is 2.32. The van der Waals surface area contributed by atoms with Crippen LogP contribution in [0.1, 0.15) is 47.4 Å². The number of thiophene rings is 1. The molecule has 184 valence electrons. The summed E-state index contributed by atoms with van der Waals surface area (Å²) in [6, 6.07) is 5.13. The lowest BCUT2D eigenvalue weighted by Gasteiger charge is -2.14. The fraction of sp³-hybridized carbons (Fsp3) is 0.320. The number of fused-ring (bicyclic) bond motifs is 1. The monoisotopic (exact) mass is 498 g/mol. The predicted octanol–water partition coefficient (Wildman–Crippen LogP) is 4.52. The average molecular weight is 499 g/mol. The first-order valence-corrected chi connectivity index (χ1v) is 11.9. The molecule has 8 nitrogen and oxygen atoms in total. The van der Waals surface area contributed by atoms with Crippen molar-refractivity contribution in [3.8, 4) is 22.1 Å². The molecule has 35 heavy (non-hydrogen) atoms. The molecule has 0 aliphatic rings. The van der Waals surface area contributed by atoms with E-state index < -0.39 is 11.4 Å². The van der Waals surface area contributed by atoms with Crippen LogP contribution in [0.2, 0.25) is 0 Å². The number of hydrogen-bond acceptors (Lipinski definition) is 6. The second kappa shape index (κ2) is 8.94. The minimum atomic E-state index is -1.48. The van der Waals surface area contributed by atoms with Crippen molar-refractivity contribution in [3.05, 3.63) is 62.4 Å². The molecule has 0 unspecified atom stereocenters. The van der Waals surface area contributed by atoms with E-state index in [4.69, 9.17) is 4.74 Å². The number of aliphatic hydroxyl groups is 1. The van der Waals surface area contributed by atoms with Crippen molar-refractivity contribution < 1.29 is 19.0 Å². The van der Waals surface area contributed by atoms with E-state index in [1.165, 1.54) is 18.4 Å². The predicted molar refractivity (Wildman–Crippen MR) is 134 cm³/mol. The SMILES string of the molecule is CCNC(=O)c1cc2c(-c3sc(C(C)(C)O)c(F)c3Oc3cc(C)cc(C)n3)cn(C)c(=O)c2[nH]1. The molecule has 3 N–H and O–H groups in total. The zero-order valence-corrected chi connectivity index (χ0v) is 21.2. The van der Waals surface area contributed by atoms with Gasteiger partial charge in [0.15, 0.2) is 11.6 Å². The van der Waals surface area contributed by atoms with Crippen LogP contribution in [-0.2, 0) is 12.6 Å².